The Kier molecular flexibility index (Phi) is 4.96. The molecular weight excluding hydrogens is 361 g/mol. The maximum atomic E-state index is 10.8. The van der Waals surface area contributed by atoms with E-state index in [-0.39, 0.29) is 0 Å². The van der Waals surface area contributed by atoms with Gasteiger partial charge < -0.3 is 29.3 Å². The van der Waals surface area contributed by atoms with E-state index in [1.54, 1.807) is 16.8 Å². The molecular formula is C12H16N3O7PS. The van der Waals surface area contributed by atoms with Crippen LogP contribution in [0.15, 0.2) is 23.6 Å². The molecule has 1 aliphatic rings. The van der Waals surface area contributed by atoms with Crippen LogP contribution >= 0.6 is 19.6 Å². The van der Waals surface area contributed by atoms with Crippen LogP contribution in [0.1, 0.15) is 6.23 Å². The van der Waals surface area contributed by atoms with Crippen LogP contribution < -0.4 is 0 Å². The van der Waals surface area contributed by atoms with Crippen LogP contribution in [-0.2, 0) is 13.8 Å². The summed E-state index contributed by atoms with van der Waals surface area (Å²) >= 11 is 1.44. The average molecular weight is 377 g/mol. The quantitative estimate of drug-likeness (QED) is 0.316. The van der Waals surface area contributed by atoms with Crippen molar-refractivity contribution in [3.63, 3.8) is 0 Å². The van der Waals surface area contributed by atoms with Gasteiger partial charge in [-0.2, -0.15) is 0 Å². The highest BCUT2D eigenvalue weighted by Crippen LogP contribution is 2.39. The van der Waals surface area contributed by atoms with Crippen molar-refractivity contribution in [3.8, 4) is 0 Å². The van der Waals surface area contributed by atoms with E-state index < -0.39 is 39.0 Å². The minimum atomic E-state index is -4.70. The Morgan fingerprint density at radius 1 is 1.38 bits per heavy atom. The molecule has 0 aromatic carbocycles. The van der Waals surface area contributed by atoms with E-state index in [0.717, 1.165) is 10.4 Å². The number of hydrogen-bond acceptors (Lipinski definition) is 8. The second-order valence-electron chi connectivity index (χ2n) is 5.18. The third kappa shape index (κ3) is 3.35. The predicted octanol–water partition coefficient (Wildman–Crippen LogP) is -0.118. The van der Waals surface area contributed by atoms with Gasteiger partial charge in [0.15, 0.2) is 6.23 Å². The van der Waals surface area contributed by atoms with Crippen LogP contribution in [0.3, 0.4) is 0 Å². The monoisotopic (exact) mass is 377 g/mol. The maximum absolute atomic E-state index is 10.8. The second-order valence-corrected chi connectivity index (χ2v) is 7.21. The van der Waals surface area contributed by atoms with Crippen molar-refractivity contribution in [2.24, 2.45) is 0 Å². The van der Waals surface area contributed by atoms with E-state index in [2.05, 4.69) is 14.5 Å². The molecule has 0 amide bonds. The fourth-order valence-electron chi connectivity index (χ4n) is 2.58. The topological polar surface area (TPSA) is 147 Å². The first-order chi connectivity index (χ1) is 11.3. The van der Waals surface area contributed by atoms with Gasteiger partial charge in [0.1, 0.15) is 35.3 Å². The molecule has 24 heavy (non-hydrogen) atoms. The van der Waals surface area contributed by atoms with E-state index in [1.807, 2.05) is 6.26 Å². The Morgan fingerprint density at radius 3 is 2.79 bits per heavy atom. The van der Waals surface area contributed by atoms with Gasteiger partial charge in [-0.1, -0.05) is 0 Å². The lowest BCUT2D eigenvalue weighted by atomic mass is 10.1. The van der Waals surface area contributed by atoms with Crippen LogP contribution in [0.2, 0.25) is 0 Å². The van der Waals surface area contributed by atoms with Crippen molar-refractivity contribution in [2.75, 3.05) is 12.9 Å². The zero-order valence-electron chi connectivity index (χ0n) is 12.5. The third-order valence-corrected chi connectivity index (χ3v) is 4.88. The summed E-state index contributed by atoms with van der Waals surface area (Å²) in [6.45, 7) is -0.552. The smallest absolute Gasteiger partial charge is 0.387 e. The fourth-order valence-corrected chi connectivity index (χ4v) is 3.46. The molecule has 0 aliphatic carbocycles. The molecule has 12 heteroatoms. The van der Waals surface area contributed by atoms with Gasteiger partial charge in [-0.05, 0) is 12.3 Å². The molecule has 0 spiro atoms. The molecule has 0 bridgehead atoms. The molecule has 132 valence electrons. The van der Waals surface area contributed by atoms with E-state index in [4.69, 9.17) is 14.5 Å². The molecule has 0 saturated carbocycles. The number of phosphoric ester groups is 1. The van der Waals surface area contributed by atoms with Crippen LogP contribution in [0, 0.1) is 0 Å². The number of fused-ring (bicyclic) bond motifs is 1. The standard InChI is InChI=1S/C12H16N3O7PS/c1-24-11-6-2-3-15(10(6)13-5-14-11)12-9(17)8(16)7(22-12)4-21-23(18,19)20/h2-3,5,7-9,12,16-17H,4H2,1H3,(H2,18,19,20)/t7-,8+,9-,12-/m1/s1. The van der Waals surface area contributed by atoms with Crippen molar-refractivity contribution in [3.05, 3.63) is 18.6 Å². The molecule has 4 N–H and O–H groups in total. The molecule has 1 aliphatic heterocycles. The van der Waals surface area contributed by atoms with E-state index in [1.165, 1.54) is 18.1 Å². The zero-order valence-corrected chi connectivity index (χ0v) is 14.2. The Bertz CT molecular complexity index is 781. The lowest BCUT2D eigenvalue weighted by Gasteiger charge is -2.17. The number of nitrogens with zero attached hydrogens (tertiary/aromatic N) is 3. The zero-order chi connectivity index (χ0) is 17.5. The fraction of sp³-hybridized carbons (Fsp3) is 0.500. The first-order valence-corrected chi connectivity index (χ1v) is 9.64. The summed E-state index contributed by atoms with van der Waals surface area (Å²) in [5.41, 5.74) is 0.516. The molecule has 0 radical (unpaired) electrons. The maximum Gasteiger partial charge on any atom is 0.469 e. The van der Waals surface area contributed by atoms with Gasteiger partial charge in [-0.15, -0.1) is 11.8 Å². The van der Waals surface area contributed by atoms with Gasteiger partial charge in [-0.25, -0.2) is 14.5 Å². The minimum absolute atomic E-state index is 0.516. The molecule has 4 atom stereocenters. The summed E-state index contributed by atoms with van der Waals surface area (Å²) in [7, 11) is -4.70. The summed E-state index contributed by atoms with van der Waals surface area (Å²) in [6.07, 6.45) is 0.186. The van der Waals surface area contributed by atoms with Crippen LogP contribution in [0.4, 0.5) is 0 Å². The van der Waals surface area contributed by atoms with Crippen molar-refractivity contribution < 1.29 is 33.8 Å². The highest BCUT2D eigenvalue weighted by atomic mass is 32.2. The van der Waals surface area contributed by atoms with Crippen molar-refractivity contribution in [2.45, 2.75) is 29.6 Å². The van der Waals surface area contributed by atoms with Gasteiger partial charge in [0.25, 0.3) is 0 Å². The van der Waals surface area contributed by atoms with E-state index in [9.17, 15) is 14.8 Å². The summed E-state index contributed by atoms with van der Waals surface area (Å²) in [5, 5.41) is 21.8. The molecule has 2 aromatic heterocycles. The number of aliphatic hydroxyl groups is 2. The molecule has 2 aromatic rings. The normalized spacial score (nSPS) is 27.9. The number of rotatable bonds is 5. The van der Waals surface area contributed by atoms with E-state index >= 15 is 0 Å². The molecule has 3 rings (SSSR count). The summed E-state index contributed by atoms with van der Waals surface area (Å²) in [6, 6.07) is 1.77. The summed E-state index contributed by atoms with van der Waals surface area (Å²) < 4.78 is 22.2. The lowest BCUT2D eigenvalue weighted by molar-refractivity contribution is -0.0501. The molecule has 10 nitrogen and oxygen atoms in total. The minimum Gasteiger partial charge on any atom is -0.387 e. The van der Waals surface area contributed by atoms with E-state index in [0.29, 0.717) is 5.65 Å². The van der Waals surface area contributed by atoms with Crippen molar-refractivity contribution in [1.29, 1.82) is 0 Å². The lowest BCUT2D eigenvalue weighted by Crippen LogP contribution is -2.33. The largest absolute Gasteiger partial charge is 0.469 e. The Hall–Kier alpha value is -1.04. The first-order valence-electron chi connectivity index (χ1n) is 6.89. The summed E-state index contributed by atoms with van der Waals surface area (Å²) in [4.78, 5) is 25.8. The highest BCUT2D eigenvalue weighted by molar-refractivity contribution is 7.98. The highest BCUT2D eigenvalue weighted by Gasteiger charge is 2.44. The number of thioether (sulfide) groups is 1. The van der Waals surface area contributed by atoms with Crippen LogP contribution in [0.5, 0.6) is 0 Å². The Labute approximate surface area is 140 Å². The SMILES string of the molecule is CSc1ncnc2c1ccn2[C@@H]1O[C@H](COP(=O)(O)O)[C@H](O)[C@H]1O. The number of aromatic nitrogens is 3. The second kappa shape index (κ2) is 6.70. The number of phosphoric acid groups is 1. The van der Waals surface area contributed by atoms with Crippen LogP contribution in [-0.4, -0.2) is 65.7 Å². The number of aliphatic hydroxyl groups excluding tert-OH is 2. The van der Waals surface area contributed by atoms with Gasteiger partial charge in [-0.3, -0.25) is 4.52 Å². The Balaban J connectivity index is 1.86. The Morgan fingerprint density at radius 2 is 2.12 bits per heavy atom. The van der Waals surface area contributed by atoms with Crippen molar-refractivity contribution in [1.82, 2.24) is 14.5 Å². The van der Waals surface area contributed by atoms with Crippen molar-refractivity contribution >= 4 is 30.6 Å². The van der Waals surface area contributed by atoms with Gasteiger partial charge in [0.05, 0.1) is 12.0 Å². The van der Waals surface area contributed by atoms with Gasteiger partial charge >= 0.3 is 7.82 Å². The summed E-state index contributed by atoms with van der Waals surface area (Å²) in [5.74, 6) is 0. The first kappa shape index (κ1) is 17.8. The van der Waals surface area contributed by atoms with Gasteiger partial charge in [0.2, 0.25) is 0 Å². The molecule has 1 saturated heterocycles. The van der Waals surface area contributed by atoms with Crippen LogP contribution in [0.25, 0.3) is 11.0 Å². The van der Waals surface area contributed by atoms with Gasteiger partial charge in [0, 0.05) is 6.20 Å². The molecule has 0 unspecified atom stereocenters. The average Bonchev–Trinajstić information content (AvgIpc) is 3.07. The number of ether oxygens (including phenoxy) is 1. The molecule has 3 heterocycles. The predicted molar refractivity (Wildman–Crippen MR) is 83.2 cm³/mol. The molecule has 1 fully saturated rings. The number of hydrogen-bond donors (Lipinski definition) is 4. The third-order valence-electron chi connectivity index (χ3n) is 3.68.